The van der Waals surface area contributed by atoms with E-state index in [2.05, 4.69) is 0 Å². The Kier molecular flexibility index (Phi) is 3.22. The number of anilines is 1. The van der Waals surface area contributed by atoms with Crippen LogP contribution in [0.25, 0.3) is 10.4 Å². The van der Waals surface area contributed by atoms with Gasteiger partial charge in [0.1, 0.15) is 6.61 Å². The molecular formula is C12H11NO2S. The lowest BCUT2D eigenvalue weighted by atomic mass is 10.2. The molecule has 0 saturated carbocycles. The first-order valence-electron chi connectivity index (χ1n) is 4.80. The molecule has 2 rings (SSSR count). The molecule has 0 aliphatic heterocycles. The molecule has 1 aromatic carbocycles. The van der Waals surface area contributed by atoms with Crippen LogP contribution in [0.4, 0.5) is 5.00 Å². The van der Waals surface area contributed by atoms with Gasteiger partial charge in [-0.1, -0.05) is 30.3 Å². The van der Waals surface area contributed by atoms with Crippen LogP contribution >= 0.6 is 11.3 Å². The normalized spacial score (nSPS) is 10.0. The lowest BCUT2D eigenvalue weighted by Gasteiger charge is -1.95. The Bertz CT molecular complexity index is 479. The van der Waals surface area contributed by atoms with Crippen LogP contribution in [0.15, 0.2) is 36.4 Å². The quantitative estimate of drug-likeness (QED) is 0.826. The minimum atomic E-state index is 0.235. The average Bonchev–Trinajstić information content (AvgIpc) is 2.69. The number of ether oxygens (including phenoxy) is 1. The molecule has 0 aliphatic rings. The number of carbonyl (C=O) groups is 1. The van der Waals surface area contributed by atoms with Gasteiger partial charge in [0.25, 0.3) is 6.47 Å². The standard InChI is InChI=1S/C12H11NO2S/c13-12-10(7-15-8-14)6-11(16-12)9-4-2-1-3-5-9/h1-6,8H,7,13H2. The fourth-order valence-corrected chi connectivity index (χ4v) is 2.37. The number of hydrogen-bond acceptors (Lipinski definition) is 4. The number of hydrogen-bond donors (Lipinski definition) is 1. The third-order valence-electron chi connectivity index (χ3n) is 2.21. The SMILES string of the molecule is Nc1sc(-c2ccccc2)cc1COC=O. The van der Waals surface area contributed by atoms with Crippen molar-refractivity contribution in [2.45, 2.75) is 6.61 Å². The van der Waals surface area contributed by atoms with Gasteiger partial charge in [-0.2, -0.15) is 0 Å². The number of rotatable bonds is 4. The number of thiophene rings is 1. The summed E-state index contributed by atoms with van der Waals surface area (Å²) in [5, 5.41) is 0.695. The Balaban J connectivity index is 2.27. The van der Waals surface area contributed by atoms with Gasteiger partial charge in [-0.15, -0.1) is 11.3 Å². The Morgan fingerprint density at radius 1 is 1.31 bits per heavy atom. The first-order valence-corrected chi connectivity index (χ1v) is 5.62. The van der Waals surface area contributed by atoms with Crippen molar-refractivity contribution < 1.29 is 9.53 Å². The highest BCUT2D eigenvalue weighted by Crippen LogP contribution is 2.33. The average molecular weight is 233 g/mol. The Hall–Kier alpha value is -1.81. The van der Waals surface area contributed by atoms with Crippen molar-refractivity contribution in [1.82, 2.24) is 0 Å². The van der Waals surface area contributed by atoms with Crippen LogP contribution in [0.2, 0.25) is 0 Å². The number of nitrogens with two attached hydrogens (primary N) is 1. The summed E-state index contributed by atoms with van der Waals surface area (Å²) in [5.41, 5.74) is 7.82. The van der Waals surface area contributed by atoms with Gasteiger partial charge in [-0.3, -0.25) is 4.79 Å². The largest absolute Gasteiger partial charge is 0.463 e. The van der Waals surface area contributed by atoms with Crippen LogP contribution in [0.1, 0.15) is 5.56 Å². The third-order valence-corrected chi connectivity index (χ3v) is 3.26. The molecule has 1 heterocycles. The molecule has 0 saturated heterocycles. The summed E-state index contributed by atoms with van der Waals surface area (Å²) in [7, 11) is 0. The smallest absolute Gasteiger partial charge is 0.293 e. The number of nitrogen functional groups attached to an aromatic ring is 1. The predicted octanol–water partition coefficient (Wildman–Crippen LogP) is 2.67. The highest BCUT2D eigenvalue weighted by atomic mass is 32.1. The van der Waals surface area contributed by atoms with Gasteiger partial charge < -0.3 is 10.5 Å². The van der Waals surface area contributed by atoms with Crippen LogP contribution in [0.5, 0.6) is 0 Å². The van der Waals surface area contributed by atoms with Gasteiger partial charge in [0.05, 0.1) is 5.00 Å². The van der Waals surface area contributed by atoms with E-state index in [1.54, 1.807) is 0 Å². The predicted molar refractivity (Wildman–Crippen MR) is 65.0 cm³/mol. The van der Waals surface area contributed by atoms with Crippen LogP contribution in [0.3, 0.4) is 0 Å². The summed E-state index contributed by atoms with van der Waals surface area (Å²) >= 11 is 1.50. The fraction of sp³-hybridized carbons (Fsp3) is 0.0833. The van der Waals surface area contributed by atoms with E-state index in [1.807, 2.05) is 36.4 Å². The molecule has 82 valence electrons. The molecule has 0 atom stereocenters. The first kappa shape index (κ1) is 10.7. The summed E-state index contributed by atoms with van der Waals surface area (Å²) in [5.74, 6) is 0. The highest BCUT2D eigenvalue weighted by Gasteiger charge is 2.07. The second kappa shape index (κ2) is 4.81. The molecule has 2 aromatic rings. The maximum absolute atomic E-state index is 10.1. The van der Waals surface area contributed by atoms with Crippen molar-refractivity contribution in [3.05, 3.63) is 42.0 Å². The molecule has 0 aliphatic carbocycles. The topological polar surface area (TPSA) is 52.3 Å². The van der Waals surface area contributed by atoms with E-state index in [0.717, 1.165) is 16.0 Å². The zero-order valence-corrected chi connectivity index (χ0v) is 9.37. The van der Waals surface area contributed by atoms with Crippen LogP contribution in [-0.4, -0.2) is 6.47 Å². The van der Waals surface area contributed by atoms with Gasteiger partial charge in [0, 0.05) is 10.4 Å². The van der Waals surface area contributed by atoms with E-state index in [4.69, 9.17) is 10.5 Å². The lowest BCUT2D eigenvalue weighted by Crippen LogP contribution is -1.91. The monoisotopic (exact) mass is 233 g/mol. The summed E-state index contributed by atoms with van der Waals surface area (Å²) in [6, 6.07) is 11.9. The summed E-state index contributed by atoms with van der Waals surface area (Å²) in [6.45, 7) is 0.665. The third kappa shape index (κ3) is 2.23. The number of carbonyl (C=O) groups excluding carboxylic acids is 1. The van der Waals surface area contributed by atoms with E-state index < -0.39 is 0 Å². The van der Waals surface area contributed by atoms with E-state index in [0.29, 0.717) is 11.5 Å². The van der Waals surface area contributed by atoms with E-state index in [-0.39, 0.29) is 6.61 Å². The zero-order chi connectivity index (χ0) is 11.4. The van der Waals surface area contributed by atoms with Crippen molar-refractivity contribution in [3.8, 4) is 10.4 Å². The van der Waals surface area contributed by atoms with Gasteiger partial charge in [-0.05, 0) is 11.6 Å². The molecule has 0 radical (unpaired) electrons. The van der Waals surface area contributed by atoms with Crippen molar-refractivity contribution >= 4 is 22.8 Å². The van der Waals surface area contributed by atoms with Crippen LogP contribution in [-0.2, 0) is 16.1 Å². The Labute approximate surface area is 97.5 Å². The molecule has 16 heavy (non-hydrogen) atoms. The molecule has 0 fully saturated rings. The molecule has 3 nitrogen and oxygen atoms in total. The molecule has 0 amide bonds. The van der Waals surface area contributed by atoms with Crippen LogP contribution < -0.4 is 5.73 Å². The maximum Gasteiger partial charge on any atom is 0.293 e. The molecule has 2 N–H and O–H groups in total. The van der Waals surface area contributed by atoms with Crippen molar-refractivity contribution in [1.29, 1.82) is 0 Å². The second-order valence-corrected chi connectivity index (χ2v) is 4.36. The fourth-order valence-electron chi connectivity index (χ4n) is 1.42. The molecule has 4 heteroatoms. The van der Waals surface area contributed by atoms with Crippen molar-refractivity contribution in [2.75, 3.05) is 5.73 Å². The minimum Gasteiger partial charge on any atom is -0.463 e. The van der Waals surface area contributed by atoms with Gasteiger partial charge in [-0.25, -0.2) is 0 Å². The molecule has 1 aromatic heterocycles. The summed E-state index contributed by atoms with van der Waals surface area (Å²) < 4.78 is 4.70. The molecule has 0 bridgehead atoms. The second-order valence-electron chi connectivity index (χ2n) is 3.27. The first-order chi connectivity index (χ1) is 7.81. The molecule has 0 unspecified atom stereocenters. The molecular weight excluding hydrogens is 222 g/mol. The van der Waals surface area contributed by atoms with Gasteiger partial charge in [0.2, 0.25) is 0 Å². The minimum absolute atomic E-state index is 0.235. The Morgan fingerprint density at radius 2 is 2.06 bits per heavy atom. The van der Waals surface area contributed by atoms with E-state index in [9.17, 15) is 4.79 Å². The van der Waals surface area contributed by atoms with Crippen LogP contribution in [0, 0.1) is 0 Å². The van der Waals surface area contributed by atoms with Gasteiger partial charge >= 0.3 is 0 Å². The van der Waals surface area contributed by atoms with E-state index in [1.165, 1.54) is 11.3 Å². The summed E-state index contributed by atoms with van der Waals surface area (Å²) in [6.07, 6.45) is 0. The molecule has 0 spiro atoms. The van der Waals surface area contributed by atoms with E-state index >= 15 is 0 Å². The maximum atomic E-state index is 10.1. The van der Waals surface area contributed by atoms with Crippen molar-refractivity contribution in [2.24, 2.45) is 0 Å². The number of benzene rings is 1. The summed E-state index contributed by atoms with van der Waals surface area (Å²) in [4.78, 5) is 11.2. The lowest BCUT2D eigenvalue weighted by molar-refractivity contribution is -0.129. The zero-order valence-electron chi connectivity index (χ0n) is 8.55. The Morgan fingerprint density at radius 3 is 2.75 bits per heavy atom. The van der Waals surface area contributed by atoms with Gasteiger partial charge in [0.15, 0.2) is 0 Å². The van der Waals surface area contributed by atoms with Crippen molar-refractivity contribution in [3.63, 3.8) is 0 Å². The highest BCUT2D eigenvalue weighted by molar-refractivity contribution is 7.19.